The maximum absolute atomic E-state index is 13.8. The average molecular weight is 504 g/mol. The molecule has 2 fully saturated rings. The molecule has 34 heavy (non-hydrogen) atoms. The monoisotopic (exact) mass is 503 g/mol. The summed E-state index contributed by atoms with van der Waals surface area (Å²) in [4.78, 5) is 20.3. The van der Waals surface area contributed by atoms with Crippen molar-refractivity contribution in [3.8, 4) is 5.75 Å². The van der Waals surface area contributed by atoms with Gasteiger partial charge in [0.05, 0.1) is 36.5 Å². The lowest BCUT2D eigenvalue weighted by Gasteiger charge is -2.27. The Morgan fingerprint density at radius 2 is 1.88 bits per heavy atom. The van der Waals surface area contributed by atoms with E-state index in [0.29, 0.717) is 24.1 Å². The van der Waals surface area contributed by atoms with Crippen molar-refractivity contribution in [3.05, 3.63) is 53.6 Å². The zero-order valence-corrected chi connectivity index (χ0v) is 21.2. The fraction of sp³-hybridized carbons (Fsp3) is 0.417. The van der Waals surface area contributed by atoms with Crippen LogP contribution >= 0.6 is 11.8 Å². The van der Waals surface area contributed by atoms with E-state index in [9.17, 15) is 13.2 Å². The molecule has 1 amide bonds. The number of hydrogen-bond acceptors (Lipinski definition) is 7. The number of hydrogen-bond donors (Lipinski definition) is 0. The Bertz CT molecular complexity index is 1180. The van der Waals surface area contributed by atoms with Crippen LogP contribution in [-0.2, 0) is 14.8 Å². The van der Waals surface area contributed by atoms with Gasteiger partial charge in [0.15, 0.2) is 5.17 Å². The van der Waals surface area contributed by atoms with Gasteiger partial charge in [-0.15, -0.1) is 0 Å². The maximum Gasteiger partial charge on any atom is 0.263 e. The molecule has 2 aromatic rings. The number of methoxy groups -OCH3 is 1. The highest BCUT2D eigenvalue weighted by atomic mass is 32.2. The topological polar surface area (TPSA) is 88.5 Å². The molecule has 4 rings (SSSR count). The van der Waals surface area contributed by atoms with Crippen molar-refractivity contribution in [2.24, 2.45) is 4.99 Å². The first kappa shape index (κ1) is 24.7. The second-order valence-corrected chi connectivity index (χ2v) is 11.1. The maximum atomic E-state index is 13.8. The van der Waals surface area contributed by atoms with E-state index in [0.717, 1.165) is 23.4 Å². The van der Waals surface area contributed by atoms with Gasteiger partial charge in [0.2, 0.25) is 10.0 Å². The highest BCUT2D eigenvalue weighted by Crippen LogP contribution is 2.33. The number of amidine groups is 1. The van der Waals surface area contributed by atoms with Crippen LogP contribution in [0, 0.1) is 6.92 Å². The van der Waals surface area contributed by atoms with Crippen molar-refractivity contribution >= 4 is 38.5 Å². The summed E-state index contributed by atoms with van der Waals surface area (Å²) in [7, 11) is -2.29. The van der Waals surface area contributed by atoms with Crippen LogP contribution in [0.4, 0.5) is 5.69 Å². The molecule has 0 radical (unpaired) electrons. The Morgan fingerprint density at radius 3 is 2.53 bits per heavy atom. The molecule has 0 aromatic heterocycles. The quantitative estimate of drug-likeness (QED) is 0.598. The standard InChI is InChI=1S/C24H29N3O5S2/c1-4-19-16-33-24(25-18-7-5-17(2)6-8-18)27(19)23(28)21-15-20(9-10-22(21)31-3)34(29,30)26-11-13-32-14-12-26/h5-10,15,19H,4,11-14,16H2,1-3H3. The molecule has 2 aliphatic heterocycles. The number of aryl methyl sites for hydroxylation is 1. The lowest BCUT2D eigenvalue weighted by atomic mass is 10.1. The van der Waals surface area contributed by atoms with E-state index < -0.39 is 10.0 Å². The molecular weight excluding hydrogens is 474 g/mol. The molecule has 0 spiro atoms. The molecule has 10 heteroatoms. The summed E-state index contributed by atoms with van der Waals surface area (Å²) >= 11 is 1.53. The number of morpholine rings is 1. The van der Waals surface area contributed by atoms with Crippen molar-refractivity contribution < 1.29 is 22.7 Å². The van der Waals surface area contributed by atoms with Gasteiger partial charge in [-0.05, 0) is 43.7 Å². The third kappa shape index (κ3) is 5.00. The van der Waals surface area contributed by atoms with Crippen LogP contribution in [0.5, 0.6) is 5.75 Å². The normalized spacial score (nSPS) is 20.6. The lowest BCUT2D eigenvalue weighted by Crippen LogP contribution is -2.41. The van der Waals surface area contributed by atoms with Gasteiger partial charge >= 0.3 is 0 Å². The number of sulfonamides is 1. The van der Waals surface area contributed by atoms with Crippen molar-refractivity contribution in [2.45, 2.75) is 31.2 Å². The minimum absolute atomic E-state index is 0.0501. The van der Waals surface area contributed by atoms with E-state index in [4.69, 9.17) is 14.5 Å². The highest BCUT2D eigenvalue weighted by molar-refractivity contribution is 8.14. The number of carbonyl (C=O) groups is 1. The van der Waals surface area contributed by atoms with Gasteiger partial charge < -0.3 is 9.47 Å². The average Bonchev–Trinajstić information content (AvgIpc) is 3.27. The van der Waals surface area contributed by atoms with Crippen molar-refractivity contribution in [3.63, 3.8) is 0 Å². The molecule has 1 atom stereocenters. The number of rotatable bonds is 6. The first-order valence-electron chi connectivity index (χ1n) is 11.2. The van der Waals surface area contributed by atoms with Crippen LogP contribution in [0.2, 0.25) is 0 Å². The molecule has 2 saturated heterocycles. The van der Waals surface area contributed by atoms with Crippen LogP contribution in [0.1, 0.15) is 29.3 Å². The molecule has 2 heterocycles. The SMILES string of the molecule is CCC1CSC(=Nc2ccc(C)cc2)N1C(=O)c1cc(S(=O)(=O)N2CCOCC2)ccc1OC. The predicted octanol–water partition coefficient (Wildman–Crippen LogP) is 3.68. The van der Waals surface area contributed by atoms with Gasteiger partial charge in [-0.3, -0.25) is 9.69 Å². The van der Waals surface area contributed by atoms with Gasteiger partial charge in [-0.1, -0.05) is 36.4 Å². The minimum Gasteiger partial charge on any atom is -0.496 e. The molecule has 1 unspecified atom stereocenters. The molecule has 0 saturated carbocycles. The number of ether oxygens (including phenoxy) is 2. The fourth-order valence-electron chi connectivity index (χ4n) is 3.92. The summed E-state index contributed by atoms with van der Waals surface area (Å²) in [5.41, 5.74) is 2.10. The Hall–Kier alpha value is -2.40. The molecule has 182 valence electrons. The van der Waals surface area contributed by atoms with Gasteiger partial charge in [0, 0.05) is 24.9 Å². The van der Waals surface area contributed by atoms with Gasteiger partial charge in [-0.25, -0.2) is 13.4 Å². The third-order valence-corrected chi connectivity index (χ3v) is 8.93. The smallest absolute Gasteiger partial charge is 0.263 e. The Labute approximate surface area is 205 Å². The van der Waals surface area contributed by atoms with Gasteiger partial charge in [0.25, 0.3) is 5.91 Å². The van der Waals surface area contributed by atoms with E-state index in [2.05, 4.69) is 0 Å². The van der Waals surface area contributed by atoms with Crippen LogP contribution in [0.25, 0.3) is 0 Å². The molecule has 0 bridgehead atoms. The first-order valence-corrected chi connectivity index (χ1v) is 13.7. The summed E-state index contributed by atoms with van der Waals surface area (Å²) in [6, 6.07) is 12.2. The first-order chi connectivity index (χ1) is 16.3. The summed E-state index contributed by atoms with van der Waals surface area (Å²) in [5, 5.41) is 0.601. The Kier molecular flexibility index (Phi) is 7.61. The number of thioether (sulfide) groups is 1. The molecule has 8 nitrogen and oxygen atoms in total. The molecular formula is C24H29N3O5S2. The van der Waals surface area contributed by atoms with E-state index in [1.54, 1.807) is 11.0 Å². The molecule has 0 N–H and O–H groups in total. The van der Waals surface area contributed by atoms with E-state index >= 15 is 0 Å². The van der Waals surface area contributed by atoms with Crippen LogP contribution in [0.15, 0.2) is 52.4 Å². The van der Waals surface area contributed by atoms with E-state index in [1.165, 1.54) is 35.3 Å². The summed E-state index contributed by atoms with van der Waals surface area (Å²) in [5.74, 6) is 0.729. The van der Waals surface area contributed by atoms with Crippen LogP contribution in [0.3, 0.4) is 0 Å². The number of carbonyl (C=O) groups excluding carboxylic acids is 1. The zero-order valence-electron chi connectivity index (χ0n) is 19.6. The fourth-order valence-corrected chi connectivity index (χ4v) is 6.62. The number of benzene rings is 2. The van der Waals surface area contributed by atoms with Crippen LogP contribution < -0.4 is 4.74 Å². The summed E-state index contributed by atoms with van der Waals surface area (Å²) in [6.45, 7) is 5.30. The summed E-state index contributed by atoms with van der Waals surface area (Å²) in [6.07, 6.45) is 0.750. The minimum atomic E-state index is -3.76. The molecule has 0 aliphatic carbocycles. The van der Waals surface area contributed by atoms with Gasteiger partial charge in [0.1, 0.15) is 5.75 Å². The third-order valence-electron chi connectivity index (χ3n) is 5.93. The number of nitrogens with zero attached hydrogens (tertiary/aromatic N) is 3. The van der Waals surface area contributed by atoms with Crippen molar-refractivity contribution in [2.75, 3.05) is 39.2 Å². The zero-order chi connectivity index (χ0) is 24.3. The Morgan fingerprint density at radius 1 is 1.18 bits per heavy atom. The highest BCUT2D eigenvalue weighted by Gasteiger charge is 2.37. The van der Waals surface area contributed by atoms with Crippen molar-refractivity contribution in [1.82, 2.24) is 9.21 Å². The summed E-state index contributed by atoms with van der Waals surface area (Å²) < 4.78 is 38.6. The molecule has 2 aromatic carbocycles. The predicted molar refractivity (Wildman–Crippen MR) is 134 cm³/mol. The second-order valence-electron chi connectivity index (χ2n) is 8.16. The van der Waals surface area contributed by atoms with E-state index in [-0.39, 0.29) is 35.5 Å². The van der Waals surface area contributed by atoms with Gasteiger partial charge in [-0.2, -0.15) is 4.31 Å². The second kappa shape index (κ2) is 10.5. The lowest BCUT2D eigenvalue weighted by molar-refractivity contribution is 0.0730. The number of aliphatic imine (C=N–C) groups is 1. The largest absolute Gasteiger partial charge is 0.496 e. The van der Waals surface area contributed by atoms with Crippen LogP contribution in [-0.4, -0.2) is 73.9 Å². The Balaban J connectivity index is 1.72. The van der Waals surface area contributed by atoms with E-state index in [1.807, 2.05) is 38.1 Å². The molecule has 2 aliphatic rings. The van der Waals surface area contributed by atoms with Crippen molar-refractivity contribution in [1.29, 1.82) is 0 Å². The number of amides is 1.